The molecule has 0 fully saturated rings. The van der Waals surface area contributed by atoms with Crippen molar-refractivity contribution in [3.05, 3.63) is 34.6 Å². The molecule has 0 aliphatic rings. The molecular formula is C11H15ClFN. The van der Waals surface area contributed by atoms with Crippen LogP contribution in [-0.2, 0) is 0 Å². The van der Waals surface area contributed by atoms with Crippen molar-refractivity contribution in [1.29, 1.82) is 0 Å². The molecule has 1 rings (SSSR count). The monoisotopic (exact) mass is 215 g/mol. The van der Waals surface area contributed by atoms with Gasteiger partial charge in [0.1, 0.15) is 5.82 Å². The first kappa shape index (κ1) is 11.5. The highest BCUT2D eigenvalue weighted by Crippen LogP contribution is 2.30. The number of hydrogen-bond acceptors (Lipinski definition) is 1. The third-order valence-corrected chi connectivity index (χ3v) is 3.02. The van der Waals surface area contributed by atoms with E-state index in [2.05, 4.69) is 0 Å². The topological polar surface area (TPSA) is 26.0 Å². The molecule has 2 N–H and O–H groups in total. The third-order valence-electron chi connectivity index (χ3n) is 2.67. The maximum Gasteiger partial charge on any atom is 0.123 e. The molecule has 2 atom stereocenters. The van der Waals surface area contributed by atoms with E-state index < -0.39 is 0 Å². The summed E-state index contributed by atoms with van der Waals surface area (Å²) in [5.74, 6) is 0.234. The third kappa shape index (κ3) is 2.46. The molecular weight excluding hydrogens is 201 g/mol. The molecule has 0 saturated heterocycles. The quantitative estimate of drug-likeness (QED) is 0.824. The van der Waals surface area contributed by atoms with Crippen molar-refractivity contribution < 1.29 is 4.39 Å². The zero-order valence-corrected chi connectivity index (χ0v) is 9.18. The normalized spacial score (nSPS) is 15.2. The highest BCUT2D eigenvalue weighted by atomic mass is 35.5. The van der Waals surface area contributed by atoms with Gasteiger partial charge in [0.15, 0.2) is 0 Å². The SMILES string of the molecule is CC(CN)C(C)c1cc(F)ccc1Cl. The van der Waals surface area contributed by atoms with Gasteiger partial charge in [-0.25, -0.2) is 4.39 Å². The van der Waals surface area contributed by atoms with Crippen LogP contribution in [-0.4, -0.2) is 6.54 Å². The maximum atomic E-state index is 13.0. The molecule has 1 nitrogen and oxygen atoms in total. The molecule has 0 saturated carbocycles. The Hall–Kier alpha value is -0.600. The summed E-state index contributed by atoms with van der Waals surface area (Å²) in [5.41, 5.74) is 6.40. The van der Waals surface area contributed by atoms with E-state index in [1.54, 1.807) is 6.07 Å². The van der Waals surface area contributed by atoms with E-state index in [1.807, 2.05) is 13.8 Å². The zero-order valence-electron chi connectivity index (χ0n) is 8.43. The molecule has 1 aromatic rings. The summed E-state index contributed by atoms with van der Waals surface area (Å²) >= 11 is 5.98. The molecule has 0 aliphatic heterocycles. The van der Waals surface area contributed by atoms with Gasteiger partial charge in [-0.2, -0.15) is 0 Å². The molecule has 78 valence electrons. The lowest BCUT2D eigenvalue weighted by Gasteiger charge is -2.19. The summed E-state index contributed by atoms with van der Waals surface area (Å²) in [6, 6.07) is 4.44. The molecule has 0 aromatic heterocycles. The van der Waals surface area contributed by atoms with Gasteiger partial charge in [-0.05, 0) is 42.1 Å². The van der Waals surface area contributed by atoms with E-state index in [0.717, 1.165) is 5.56 Å². The summed E-state index contributed by atoms with van der Waals surface area (Å²) in [6.45, 7) is 4.62. The fourth-order valence-corrected chi connectivity index (χ4v) is 1.66. The molecule has 14 heavy (non-hydrogen) atoms. The lowest BCUT2D eigenvalue weighted by atomic mass is 9.89. The minimum atomic E-state index is -0.250. The Balaban J connectivity index is 2.99. The van der Waals surface area contributed by atoms with Crippen molar-refractivity contribution in [2.45, 2.75) is 19.8 Å². The van der Waals surface area contributed by atoms with E-state index in [9.17, 15) is 4.39 Å². The smallest absolute Gasteiger partial charge is 0.123 e. The average molecular weight is 216 g/mol. The van der Waals surface area contributed by atoms with Crippen LogP contribution < -0.4 is 5.73 Å². The van der Waals surface area contributed by atoms with Crippen LogP contribution in [0.5, 0.6) is 0 Å². The number of rotatable bonds is 3. The van der Waals surface area contributed by atoms with Gasteiger partial charge < -0.3 is 5.73 Å². The van der Waals surface area contributed by atoms with Crippen LogP contribution in [0.15, 0.2) is 18.2 Å². The zero-order chi connectivity index (χ0) is 10.7. The van der Waals surface area contributed by atoms with Crippen LogP contribution in [0.25, 0.3) is 0 Å². The Morgan fingerprint density at radius 3 is 2.64 bits per heavy atom. The van der Waals surface area contributed by atoms with Crippen LogP contribution in [0.3, 0.4) is 0 Å². The van der Waals surface area contributed by atoms with Crippen LogP contribution in [0.2, 0.25) is 5.02 Å². The van der Waals surface area contributed by atoms with Crippen molar-refractivity contribution in [3.63, 3.8) is 0 Å². The lowest BCUT2D eigenvalue weighted by Crippen LogP contribution is -2.17. The van der Waals surface area contributed by atoms with Gasteiger partial charge in [0.2, 0.25) is 0 Å². The van der Waals surface area contributed by atoms with Gasteiger partial charge in [0.25, 0.3) is 0 Å². The van der Waals surface area contributed by atoms with E-state index in [-0.39, 0.29) is 11.7 Å². The van der Waals surface area contributed by atoms with Crippen molar-refractivity contribution in [3.8, 4) is 0 Å². The minimum absolute atomic E-state index is 0.184. The molecule has 0 spiro atoms. The Morgan fingerprint density at radius 1 is 1.43 bits per heavy atom. The second kappa shape index (κ2) is 4.76. The Bertz CT molecular complexity index is 314. The molecule has 3 heteroatoms. The molecule has 0 radical (unpaired) electrons. The van der Waals surface area contributed by atoms with Crippen LogP contribution >= 0.6 is 11.6 Å². The molecule has 2 unspecified atom stereocenters. The van der Waals surface area contributed by atoms with E-state index in [0.29, 0.717) is 17.5 Å². The van der Waals surface area contributed by atoms with Crippen molar-refractivity contribution in [2.75, 3.05) is 6.54 Å². The van der Waals surface area contributed by atoms with Gasteiger partial charge in [-0.3, -0.25) is 0 Å². The van der Waals surface area contributed by atoms with Crippen molar-refractivity contribution in [2.24, 2.45) is 11.7 Å². The van der Waals surface area contributed by atoms with Crippen LogP contribution in [0.1, 0.15) is 25.3 Å². The first-order valence-electron chi connectivity index (χ1n) is 4.71. The first-order chi connectivity index (χ1) is 6.56. The molecule has 0 bridgehead atoms. The summed E-state index contributed by atoms with van der Waals surface area (Å²) in [5, 5.41) is 0.610. The maximum absolute atomic E-state index is 13.0. The highest BCUT2D eigenvalue weighted by Gasteiger charge is 2.16. The molecule has 1 aromatic carbocycles. The van der Waals surface area contributed by atoms with Gasteiger partial charge in [0.05, 0.1) is 0 Å². The summed E-state index contributed by atoms with van der Waals surface area (Å²) in [7, 11) is 0. The summed E-state index contributed by atoms with van der Waals surface area (Å²) in [6.07, 6.45) is 0. The number of halogens is 2. The summed E-state index contributed by atoms with van der Waals surface area (Å²) < 4.78 is 13.0. The molecule has 0 amide bonds. The second-order valence-electron chi connectivity index (χ2n) is 3.67. The number of hydrogen-bond donors (Lipinski definition) is 1. The fraction of sp³-hybridized carbons (Fsp3) is 0.455. The minimum Gasteiger partial charge on any atom is -0.330 e. The van der Waals surface area contributed by atoms with E-state index in [4.69, 9.17) is 17.3 Å². The standard InChI is InChI=1S/C11H15ClFN/c1-7(6-14)8(2)10-5-9(13)3-4-11(10)12/h3-5,7-8H,6,14H2,1-2H3. The highest BCUT2D eigenvalue weighted by molar-refractivity contribution is 6.31. The number of nitrogens with two attached hydrogens (primary N) is 1. The van der Waals surface area contributed by atoms with Gasteiger partial charge in [-0.15, -0.1) is 0 Å². The van der Waals surface area contributed by atoms with Gasteiger partial charge >= 0.3 is 0 Å². The van der Waals surface area contributed by atoms with Crippen molar-refractivity contribution in [1.82, 2.24) is 0 Å². The van der Waals surface area contributed by atoms with E-state index in [1.165, 1.54) is 12.1 Å². The van der Waals surface area contributed by atoms with Gasteiger partial charge in [-0.1, -0.05) is 25.4 Å². The Kier molecular flexibility index (Phi) is 3.90. The van der Waals surface area contributed by atoms with E-state index >= 15 is 0 Å². The Morgan fingerprint density at radius 2 is 2.07 bits per heavy atom. The van der Waals surface area contributed by atoms with Crippen molar-refractivity contribution >= 4 is 11.6 Å². The lowest BCUT2D eigenvalue weighted by molar-refractivity contribution is 0.496. The average Bonchev–Trinajstić information content (AvgIpc) is 2.19. The predicted octanol–water partition coefficient (Wildman–Crippen LogP) is 3.18. The predicted molar refractivity (Wildman–Crippen MR) is 58.0 cm³/mol. The largest absolute Gasteiger partial charge is 0.330 e. The number of benzene rings is 1. The first-order valence-corrected chi connectivity index (χ1v) is 5.09. The fourth-order valence-electron chi connectivity index (χ4n) is 1.37. The molecule has 0 aliphatic carbocycles. The van der Waals surface area contributed by atoms with Crippen LogP contribution in [0, 0.1) is 11.7 Å². The Labute approximate surface area is 89.1 Å². The second-order valence-corrected chi connectivity index (χ2v) is 4.07. The summed E-state index contributed by atoms with van der Waals surface area (Å²) in [4.78, 5) is 0. The molecule has 0 heterocycles. The van der Waals surface area contributed by atoms with Crippen LogP contribution in [0.4, 0.5) is 4.39 Å². The van der Waals surface area contributed by atoms with Gasteiger partial charge in [0, 0.05) is 5.02 Å².